The molecular formula is C18H15N3O4S. The smallest absolute Gasteiger partial charge is 0.279 e. The molecule has 0 radical (unpaired) electrons. The van der Waals surface area contributed by atoms with Gasteiger partial charge in [0.25, 0.3) is 5.91 Å². The molecule has 132 valence electrons. The highest BCUT2D eigenvalue weighted by Gasteiger charge is 2.15. The van der Waals surface area contributed by atoms with Crippen LogP contribution in [0.4, 0.5) is 5.13 Å². The summed E-state index contributed by atoms with van der Waals surface area (Å²) in [6.45, 7) is 4.27. The molecule has 0 bridgehead atoms. The molecule has 0 aliphatic carbocycles. The summed E-state index contributed by atoms with van der Waals surface area (Å²) in [5, 5.41) is 9.61. The lowest BCUT2D eigenvalue weighted by Gasteiger charge is -2.00. The van der Waals surface area contributed by atoms with E-state index in [0.717, 1.165) is 16.7 Å². The van der Waals surface area contributed by atoms with Crippen LogP contribution in [0.1, 0.15) is 23.2 Å². The number of thiazole rings is 1. The molecule has 7 nitrogen and oxygen atoms in total. The monoisotopic (exact) mass is 369 g/mol. The molecule has 3 aromatic heterocycles. The molecule has 0 atom stereocenters. The van der Waals surface area contributed by atoms with Gasteiger partial charge in [0.15, 0.2) is 16.6 Å². The Kier molecular flexibility index (Phi) is 4.18. The highest BCUT2D eigenvalue weighted by molar-refractivity contribution is 7.14. The van der Waals surface area contributed by atoms with Crippen molar-refractivity contribution in [1.29, 1.82) is 0 Å². The number of benzene rings is 1. The number of ether oxygens (including phenoxy) is 1. The van der Waals surface area contributed by atoms with Crippen LogP contribution in [0, 0.1) is 6.92 Å². The summed E-state index contributed by atoms with van der Waals surface area (Å²) in [4.78, 5) is 16.5. The number of aryl methyl sites for hydroxylation is 1. The second-order valence-electron chi connectivity index (χ2n) is 5.56. The minimum Gasteiger partial charge on any atom is -0.494 e. The molecule has 0 saturated heterocycles. The highest BCUT2D eigenvalue weighted by atomic mass is 32.1. The molecule has 26 heavy (non-hydrogen) atoms. The van der Waals surface area contributed by atoms with E-state index in [-0.39, 0.29) is 11.6 Å². The van der Waals surface area contributed by atoms with Gasteiger partial charge in [0.1, 0.15) is 22.8 Å². The van der Waals surface area contributed by atoms with E-state index in [9.17, 15) is 4.79 Å². The number of rotatable bonds is 5. The molecule has 0 spiro atoms. The van der Waals surface area contributed by atoms with Gasteiger partial charge in [0.2, 0.25) is 0 Å². The zero-order chi connectivity index (χ0) is 18.1. The van der Waals surface area contributed by atoms with Gasteiger partial charge in [-0.15, -0.1) is 11.3 Å². The summed E-state index contributed by atoms with van der Waals surface area (Å²) in [5.41, 5.74) is 1.61. The fourth-order valence-corrected chi connectivity index (χ4v) is 3.18. The quantitative estimate of drug-likeness (QED) is 0.557. The summed E-state index contributed by atoms with van der Waals surface area (Å²) < 4.78 is 16.3. The number of fused-ring (bicyclic) bond motifs is 1. The molecule has 4 aromatic rings. The van der Waals surface area contributed by atoms with Crippen molar-refractivity contribution in [2.24, 2.45) is 0 Å². The van der Waals surface area contributed by atoms with E-state index in [2.05, 4.69) is 15.5 Å². The molecule has 3 heterocycles. The fourth-order valence-electron chi connectivity index (χ4n) is 2.48. The fraction of sp³-hybridized carbons (Fsp3) is 0.167. The number of nitrogens with zero attached hydrogens (tertiary/aromatic N) is 2. The second-order valence-corrected chi connectivity index (χ2v) is 6.42. The van der Waals surface area contributed by atoms with E-state index in [0.29, 0.717) is 29.0 Å². The van der Waals surface area contributed by atoms with E-state index in [1.165, 1.54) is 11.3 Å². The average Bonchev–Trinajstić information content (AvgIpc) is 3.33. The van der Waals surface area contributed by atoms with Crippen LogP contribution in [0.15, 0.2) is 44.7 Å². The minimum atomic E-state index is -0.367. The maximum Gasteiger partial charge on any atom is 0.279 e. The van der Waals surface area contributed by atoms with Crippen LogP contribution in [0.5, 0.6) is 5.75 Å². The van der Waals surface area contributed by atoms with Crippen LogP contribution >= 0.6 is 11.3 Å². The normalized spacial score (nSPS) is 11.0. The maximum absolute atomic E-state index is 12.1. The van der Waals surface area contributed by atoms with Gasteiger partial charge in [-0.05, 0) is 38.1 Å². The van der Waals surface area contributed by atoms with Crippen LogP contribution in [0.3, 0.4) is 0 Å². The van der Waals surface area contributed by atoms with Crippen molar-refractivity contribution in [3.8, 4) is 17.2 Å². The van der Waals surface area contributed by atoms with E-state index in [1.54, 1.807) is 13.0 Å². The molecule has 8 heteroatoms. The minimum absolute atomic E-state index is 0.214. The molecule has 0 fully saturated rings. The zero-order valence-electron chi connectivity index (χ0n) is 14.1. The number of carbonyl (C=O) groups is 1. The van der Waals surface area contributed by atoms with Gasteiger partial charge < -0.3 is 13.7 Å². The number of carbonyl (C=O) groups excluding carboxylic acids is 1. The first-order valence-corrected chi connectivity index (χ1v) is 8.87. The van der Waals surface area contributed by atoms with E-state index < -0.39 is 0 Å². The predicted molar refractivity (Wildman–Crippen MR) is 97.7 cm³/mol. The van der Waals surface area contributed by atoms with E-state index in [4.69, 9.17) is 13.7 Å². The van der Waals surface area contributed by atoms with Crippen LogP contribution < -0.4 is 10.1 Å². The number of hydrogen-bond donors (Lipinski definition) is 1. The number of aromatic nitrogens is 2. The summed E-state index contributed by atoms with van der Waals surface area (Å²) in [6.07, 6.45) is 0. The Bertz CT molecular complexity index is 1080. The summed E-state index contributed by atoms with van der Waals surface area (Å²) >= 11 is 1.31. The predicted octanol–water partition coefficient (Wildman–Crippen LogP) is 4.50. The third-order valence-corrected chi connectivity index (χ3v) is 4.39. The van der Waals surface area contributed by atoms with Crippen molar-refractivity contribution in [2.75, 3.05) is 11.9 Å². The maximum atomic E-state index is 12.1. The van der Waals surface area contributed by atoms with Gasteiger partial charge >= 0.3 is 0 Å². The molecule has 0 unspecified atom stereocenters. The molecule has 4 rings (SSSR count). The first-order valence-electron chi connectivity index (χ1n) is 7.99. The van der Waals surface area contributed by atoms with Gasteiger partial charge in [0, 0.05) is 16.8 Å². The van der Waals surface area contributed by atoms with Gasteiger partial charge in [-0.2, -0.15) is 0 Å². The average molecular weight is 369 g/mol. The Labute approximate surface area is 152 Å². The summed E-state index contributed by atoms with van der Waals surface area (Å²) in [5.74, 6) is 1.63. The van der Waals surface area contributed by atoms with Crippen LogP contribution in [-0.2, 0) is 0 Å². The first-order chi connectivity index (χ1) is 12.6. The van der Waals surface area contributed by atoms with Crippen molar-refractivity contribution in [1.82, 2.24) is 10.1 Å². The summed E-state index contributed by atoms with van der Waals surface area (Å²) in [7, 11) is 0. The Morgan fingerprint density at radius 1 is 1.31 bits per heavy atom. The number of hydrogen-bond acceptors (Lipinski definition) is 7. The number of furan rings is 1. The lowest BCUT2D eigenvalue weighted by molar-refractivity contribution is 0.101. The Morgan fingerprint density at radius 3 is 2.96 bits per heavy atom. The van der Waals surface area contributed by atoms with Gasteiger partial charge in [-0.25, -0.2) is 4.98 Å². The lowest BCUT2D eigenvalue weighted by atomic mass is 10.2. The lowest BCUT2D eigenvalue weighted by Crippen LogP contribution is -2.11. The third-order valence-electron chi connectivity index (χ3n) is 3.64. The number of nitrogens with one attached hydrogen (secondary N) is 1. The van der Waals surface area contributed by atoms with Crippen LogP contribution in [0.2, 0.25) is 0 Å². The second kappa shape index (κ2) is 6.64. The molecule has 0 aliphatic heterocycles. The standard InChI is InChI=1S/C18H15N3O4S/c1-3-23-12-4-5-15-11(7-12)8-16(24-15)14-9-26-18(19-14)20-17(22)13-6-10(2)25-21-13/h4-9H,3H2,1-2H3,(H,19,20,22). The number of amides is 1. The van der Waals surface area contributed by atoms with Crippen LogP contribution in [-0.4, -0.2) is 22.7 Å². The Morgan fingerprint density at radius 2 is 2.19 bits per heavy atom. The highest BCUT2D eigenvalue weighted by Crippen LogP contribution is 2.32. The van der Waals surface area contributed by atoms with Crippen LogP contribution in [0.25, 0.3) is 22.4 Å². The van der Waals surface area contributed by atoms with Crippen molar-refractivity contribution < 1.29 is 18.5 Å². The largest absolute Gasteiger partial charge is 0.494 e. The van der Waals surface area contributed by atoms with Gasteiger partial charge in [-0.3, -0.25) is 10.1 Å². The van der Waals surface area contributed by atoms with E-state index in [1.807, 2.05) is 36.6 Å². The molecule has 1 aromatic carbocycles. The molecule has 1 amide bonds. The van der Waals surface area contributed by atoms with Crippen molar-refractivity contribution in [3.05, 3.63) is 47.2 Å². The molecule has 0 saturated carbocycles. The Hall–Kier alpha value is -3.13. The SMILES string of the molecule is CCOc1ccc2oc(-c3csc(NC(=O)c4cc(C)on4)n3)cc2c1. The van der Waals surface area contributed by atoms with Gasteiger partial charge in [-0.1, -0.05) is 5.16 Å². The molecule has 0 aliphatic rings. The van der Waals surface area contributed by atoms with E-state index >= 15 is 0 Å². The summed E-state index contributed by atoms with van der Waals surface area (Å²) in [6, 6.07) is 9.13. The topological polar surface area (TPSA) is 90.4 Å². The zero-order valence-corrected chi connectivity index (χ0v) is 14.9. The third kappa shape index (κ3) is 3.18. The number of anilines is 1. The molecule has 1 N–H and O–H groups in total. The Balaban J connectivity index is 1.55. The van der Waals surface area contributed by atoms with Gasteiger partial charge in [0.05, 0.1) is 6.61 Å². The first kappa shape index (κ1) is 16.3. The van der Waals surface area contributed by atoms with Crippen molar-refractivity contribution >= 4 is 33.3 Å². The van der Waals surface area contributed by atoms with Crippen molar-refractivity contribution in [2.45, 2.75) is 13.8 Å². The van der Waals surface area contributed by atoms with Crippen molar-refractivity contribution in [3.63, 3.8) is 0 Å². The molecular weight excluding hydrogens is 354 g/mol.